The molecule has 2 saturated carbocycles. The molecule has 1 aromatic rings. The third-order valence-corrected chi connectivity index (χ3v) is 3.97. The van der Waals surface area contributed by atoms with Crippen molar-refractivity contribution in [1.82, 2.24) is 0 Å². The number of rotatable bonds is 5. The number of carbonyl (C=O) groups is 1. The second-order valence-electron chi connectivity index (χ2n) is 5.53. The molecule has 0 spiro atoms. The molecule has 19 heavy (non-hydrogen) atoms. The Morgan fingerprint density at radius 1 is 1.32 bits per heavy atom. The lowest BCUT2D eigenvalue weighted by molar-refractivity contribution is 0.0601. The molecule has 0 saturated heterocycles. The standard InChI is InChI=1S/C15H18FNO2/c1-19-15(18)12-7-6-11(16)8-13(12)17-14(9-2-3-9)10-4-5-10/h6-10,14,17H,2-5H2,1H3. The number of nitrogens with one attached hydrogen (secondary N) is 1. The van der Waals surface area contributed by atoms with Crippen molar-refractivity contribution in [2.24, 2.45) is 11.8 Å². The Morgan fingerprint density at radius 2 is 1.95 bits per heavy atom. The first-order valence-electron chi connectivity index (χ1n) is 6.83. The van der Waals surface area contributed by atoms with Gasteiger partial charge in [-0.05, 0) is 55.7 Å². The fourth-order valence-corrected chi connectivity index (χ4v) is 2.63. The highest BCUT2D eigenvalue weighted by molar-refractivity contribution is 5.95. The molecule has 0 bridgehead atoms. The zero-order valence-corrected chi connectivity index (χ0v) is 11.0. The van der Waals surface area contributed by atoms with Crippen LogP contribution >= 0.6 is 0 Å². The average Bonchev–Trinajstić information content (AvgIpc) is 3.28. The zero-order valence-electron chi connectivity index (χ0n) is 11.0. The van der Waals surface area contributed by atoms with Crippen LogP contribution in [0.4, 0.5) is 10.1 Å². The summed E-state index contributed by atoms with van der Waals surface area (Å²) in [5.41, 5.74) is 0.978. The maximum Gasteiger partial charge on any atom is 0.339 e. The van der Waals surface area contributed by atoms with E-state index in [0.29, 0.717) is 29.1 Å². The molecule has 0 heterocycles. The van der Waals surface area contributed by atoms with Gasteiger partial charge in [0.15, 0.2) is 0 Å². The lowest BCUT2D eigenvalue weighted by atomic mass is 10.1. The number of carbonyl (C=O) groups excluding carboxylic acids is 1. The molecule has 0 amide bonds. The number of ether oxygens (including phenoxy) is 1. The average molecular weight is 263 g/mol. The smallest absolute Gasteiger partial charge is 0.339 e. The fraction of sp³-hybridized carbons (Fsp3) is 0.533. The summed E-state index contributed by atoms with van der Waals surface area (Å²) in [5, 5.41) is 3.39. The Bertz CT molecular complexity index is 483. The number of esters is 1. The molecule has 4 heteroatoms. The van der Waals surface area contributed by atoms with Crippen molar-refractivity contribution in [1.29, 1.82) is 0 Å². The van der Waals surface area contributed by atoms with Gasteiger partial charge in [-0.25, -0.2) is 9.18 Å². The molecule has 1 aromatic carbocycles. The van der Waals surface area contributed by atoms with Gasteiger partial charge in [-0.3, -0.25) is 0 Å². The summed E-state index contributed by atoms with van der Waals surface area (Å²) in [4.78, 5) is 11.7. The summed E-state index contributed by atoms with van der Waals surface area (Å²) in [6.45, 7) is 0. The third kappa shape index (κ3) is 2.72. The van der Waals surface area contributed by atoms with Crippen molar-refractivity contribution < 1.29 is 13.9 Å². The first-order chi connectivity index (χ1) is 9.19. The van der Waals surface area contributed by atoms with Gasteiger partial charge >= 0.3 is 5.97 Å². The number of halogens is 1. The van der Waals surface area contributed by atoms with Gasteiger partial charge < -0.3 is 10.1 Å². The molecule has 102 valence electrons. The summed E-state index contributed by atoms with van der Waals surface area (Å²) >= 11 is 0. The number of hydrogen-bond donors (Lipinski definition) is 1. The van der Waals surface area contributed by atoms with Crippen LogP contribution in [-0.4, -0.2) is 19.1 Å². The summed E-state index contributed by atoms with van der Waals surface area (Å²) in [7, 11) is 1.34. The van der Waals surface area contributed by atoms with E-state index in [-0.39, 0.29) is 5.82 Å². The number of benzene rings is 1. The zero-order chi connectivity index (χ0) is 13.4. The highest BCUT2D eigenvalue weighted by atomic mass is 19.1. The van der Waals surface area contributed by atoms with Crippen molar-refractivity contribution in [2.45, 2.75) is 31.7 Å². The van der Waals surface area contributed by atoms with Crippen LogP contribution in [0, 0.1) is 17.7 Å². The molecule has 0 aliphatic heterocycles. The molecule has 0 aromatic heterocycles. The summed E-state index contributed by atoms with van der Waals surface area (Å²) in [5.74, 6) is 0.607. The Hall–Kier alpha value is -1.58. The van der Waals surface area contributed by atoms with E-state index in [1.807, 2.05) is 0 Å². The molecule has 0 radical (unpaired) electrons. The molecule has 3 nitrogen and oxygen atoms in total. The Morgan fingerprint density at radius 3 is 2.47 bits per heavy atom. The third-order valence-electron chi connectivity index (χ3n) is 3.97. The Labute approximate surface area is 112 Å². The van der Waals surface area contributed by atoms with Crippen LogP contribution in [0.2, 0.25) is 0 Å². The summed E-state index contributed by atoms with van der Waals surface area (Å²) in [6, 6.07) is 4.55. The first kappa shape index (κ1) is 12.5. The number of methoxy groups -OCH3 is 1. The monoisotopic (exact) mass is 263 g/mol. The van der Waals surface area contributed by atoms with Gasteiger partial charge in [-0.2, -0.15) is 0 Å². The minimum atomic E-state index is -0.423. The van der Waals surface area contributed by atoms with Crippen molar-refractivity contribution in [3.63, 3.8) is 0 Å². The Balaban J connectivity index is 1.85. The van der Waals surface area contributed by atoms with E-state index in [4.69, 9.17) is 4.74 Å². The van der Waals surface area contributed by atoms with Gasteiger partial charge in [0.2, 0.25) is 0 Å². The van der Waals surface area contributed by atoms with E-state index in [2.05, 4.69) is 5.32 Å². The van der Waals surface area contributed by atoms with Crippen LogP contribution in [0.3, 0.4) is 0 Å². The SMILES string of the molecule is COC(=O)c1ccc(F)cc1NC(C1CC1)C1CC1. The van der Waals surface area contributed by atoms with Crippen LogP contribution in [0.15, 0.2) is 18.2 Å². The van der Waals surface area contributed by atoms with E-state index in [1.165, 1.54) is 51.0 Å². The van der Waals surface area contributed by atoms with E-state index < -0.39 is 5.97 Å². The second-order valence-corrected chi connectivity index (χ2v) is 5.53. The van der Waals surface area contributed by atoms with Crippen LogP contribution < -0.4 is 5.32 Å². The minimum Gasteiger partial charge on any atom is -0.465 e. The summed E-state index contributed by atoms with van der Waals surface area (Å²) in [6.07, 6.45) is 4.93. The molecule has 0 atom stereocenters. The molecule has 2 aliphatic carbocycles. The predicted molar refractivity (Wildman–Crippen MR) is 70.6 cm³/mol. The van der Waals surface area contributed by atoms with Gasteiger partial charge in [-0.1, -0.05) is 0 Å². The molecule has 0 unspecified atom stereocenters. The van der Waals surface area contributed by atoms with E-state index in [9.17, 15) is 9.18 Å². The second kappa shape index (κ2) is 4.83. The van der Waals surface area contributed by atoms with E-state index in [1.54, 1.807) is 0 Å². The molecule has 3 rings (SSSR count). The van der Waals surface area contributed by atoms with Crippen molar-refractivity contribution in [3.05, 3.63) is 29.6 Å². The predicted octanol–water partition coefficient (Wildman–Crippen LogP) is 3.21. The summed E-state index contributed by atoms with van der Waals surface area (Å²) < 4.78 is 18.2. The largest absolute Gasteiger partial charge is 0.465 e. The highest BCUT2D eigenvalue weighted by Gasteiger charge is 2.41. The normalized spacial score (nSPS) is 18.5. The molecular formula is C15H18FNO2. The van der Waals surface area contributed by atoms with Crippen molar-refractivity contribution in [2.75, 3.05) is 12.4 Å². The van der Waals surface area contributed by atoms with Gasteiger partial charge in [0, 0.05) is 6.04 Å². The van der Waals surface area contributed by atoms with Gasteiger partial charge in [0.1, 0.15) is 5.82 Å². The van der Waals surface area contributed by atoms with E-state index in [0.717, 1.165) is 0 Å². The maximum absolute atomic E-state index is 13.4. The minimum absolute atomic E-state index is 0.333. The van der Waals surface area contributed by atoms with Crippen LogP contribution in [0.25, 0.3) is 0 Å². The van der Waals surface area contributed by atoms with Gasteiger partial charge in [0.25, 0.3) is 0 Å². The fourth-order valence-electron chi connectivity index (χ4n) is 2.63. The topological polar surface area (TPSA) is 38.3 Å². The highest BCUT2D eigenvalue weighted by Crippen LogP contribution is 2.46. The lowest BCUT2D eigenvalue weighted by Gasteiger charge is -2.20. The van der Waals surface area contributed by atoms with Crippen molar-refractivity contribution >= 4 is 11.7 Å². The molecule has 1 N–H and O–H groups in total. The number of hydrogen-bond acceptors (Lipinski definition) is 3. The van der Waals surface area contributed by atoms with Gasteiger partial charge in [-0.15, -0.1) is 0 Å². The lowest BCUT2D eigenvalue weighted by Crippen LogP contribution is -2.25. The van der Waals surface area contributed by atoms with E-state index >= 15 is 0 Å². The maximum atomic E-state index is 13.4. The van der Waals surface area contributed by atoms with Gasteiger partial charge in [0.05, 0.1) is 18.4 Å². The van der Waals surface area contributed by atoms with Crippen molar-refractivity contribution in [3.8, 4) is 0 Å². The first-order valence-corrected chi connectivity index (χ1v) is 6.83. The van der Waals surface area contributed by atoms with Crippen LogP contribution in [0.1, 0.15) is 36.0 Å². The van der Waals surface area contributed by atoms with Crippen LogP contribution in [-0.2, 0) is 4.74 Å². The molecular weight excluding hydrogens is 245 g/mol. The molecule has 2 aliphatic rings. The Kier molecular flexibility index (Phi) is 3.17. The van der Waals surface area contributed by atoms with Crippen LogP contribution in [0.5, 0.6) is 0 Å². The quantitative estimate of drug-likeness (QED) is 0.829. The molecule has 2 fully saturated rings. The number of anilines is 1.